The average molecular weight is 439 g/mol. The molecule has 1 unspecified atom stereocenters. The van der Waals surface area contributed by atoms with Crippen LogP contribution >= 0.6 is 0 Å². The van der Waals surface area contributed by atoms with Crippen molar-refractivity contribution in [1.29, 1.82) is 0 Å². The first-order chi connectivity index (χ1) is 15.3. The van der Waals surface area contributed by atoms with Gasteiger partial charge in [-0.25, -0.2) is 0 Å². The van der Waals surface area contributed by atoms with Crippen molar-refractivity contribution in [1.82, 2.24) is 0 Å². The zero-order chi connectivity index (χ0) is 22.7. The highest BCUT2D eigenvalue weighted by Gasteiger charge is 1.99. The Bertz CT molecular complexity index is 301. The first-order valence-corrected chi connectivity index (χ1v) is 14.9. The molecule has 0 amide bonds. The van der Waals surface area contributed by atoms with Gasteiger partial charge >= 0.3 is 0 Å². The van der Waals surface area contributed by atoms with Crippen molar-refractivity contribution in [3.8, 4) is 0 Å². The van der Waals surface area contributed by atoms with Gasteiger partial charge in [0.1, 0.15) is 0 Å². The summed E-state index contributed by atoms with van der Waals surface area (Å²) in [5, 5.41) is 8.76. The molecule has 0 saturated carbocycles. The highest BCUT2D eigenvalue weighted by Crippen LogP contribution is 2.17. The molecule has 1 nitrogen and oxygen atoms in total. The molecular formula is C30H62O. The lowest BCUT2D eigenvalue weighted by atomic mass is 9.99. The van der Waals surface area contributed by atoms with E-state index in [1.54, 1.807) is 0 Å². The molecule has 1 atom stereocenters. The van der Waals surface area contributed by atoms with E-state index in [0.29, 0.717) is 6.61 Å². The summed E-state index contributed by atoms with van der Waals surface area (Å²) in [5.74, 6) is 0.944. The van der Waals surface area contributed by atoms with Gasteiger partial charge in [0.15, 0.2) is 0 Å². The second-order valence-electron chi connectivity index (χ2n) is 10.5. The fourth-order valence-corrected chi connectivity index (χ4v) is 4.70. The minimum absolute atomic E-state index is 0.374. The quantitative estimate of drug-likeness (QED) is 0.126. The van der Waals surface area contributed by atoms with Crippen LogP contribution in [-0.4, -0.2) is 11.7 Å². The normalized spacial score (nSPS) is 12.5. The Morgan fingerprint density at radius 1 is 0.387 bits per heavy atom. The van der Waals surface area contributed by atoms with E-state index in [0.717, 1.165) is 12.3 Å². The summed E-state index contributed by atoms with van der Waals surface area (Å²) in [5.41, 5.74) is 0. The van der Waals surface area contributed by atoms with Gasteiger partial charge in [-0.3, -0.25) is 0 Å². The van der Waals surface area contributed by atoms with E-state index in [9.17, 15) is 0 Å². The molecule has 0 heterocycles. The van der Waals surface area contributed by atoms with Gasteiger partial charge < -0.3 is 5.11 Å². The van der Waals surface area contributed by atoms with Crippen molar-refractivity contribution in [2.24, 2.45) is 5.92 Å². The van der Waals surface area contributed by atoms with Crippen LogP contribution in [0, 0.1) is 5.92 Å². The maximum atomic E-state index is 8.76. The average Bonchev–Trinajstić information content (AvgIpc) is 2.78. The second kappa shape index (κ2) is 28.0. The Kier molecular flexibility index (Phi) is 28.0. The van der Waals surface area contributed by atoms with Crippen LogP contribution in [-0.2, 0) is 0 Å². The molecule has 0 fully saturated rings. The summed E-state index contributed by atoms with van der Waals surface area (Å²) in [4.78, 5) is 0. The molecule has 0 radical (unpaired) electrons. The van der Waals surface area contributed by atoms with Crippen molar-refractivity contribution in [2.75, 3.05) is 6.61 Å². The maximum Gasteiger partial charge on any atom is 0.0431 e. The van der Waals surface area contributed by atoms with Crippen molar-refractivity contribution < 1.29 is 5.11 Å². The molecule has 1 N–H and O–H groups in total. The minimum Gasteiger partial charge on any atom is -0.396 e. The summed E-state index contributed by atoms with van der Waals surface area (Å²) in [6, 6.07) is 0. The van der Waals surface area contributed by atoms with Crippen LogP contribution in [0.15, 0.2) is 0 Å². The van der Waals surface area contributed by atoms with Gasteiger partial charge in [0.2, 0.25) is 0 Å². The van der Waals surface area contributed by atoms with Crippen molar-refractivity contribution in [3.05, 3.63) is 0 Å². The lowest BCUT2D eigenvalue weighted by molar-refractivity contribution is 0.282. The predicted octanol–water partition coefficient (Wildman–Crippen LogP) is 10.8. The first-order valence-electron chi connectivity index (χ1n) is 14.9. The van der Waals surface area contributed by atoms with Gasteiger partial charge in [-0.2, -0.15) is 0 Å². The summed E-state index contributed by atoms with van der Waals surface area (Å²) in [6.07, 6.45) is 37.0. The standard InChI is InChI=1S/C30H62O/c1-3-30(2)28-26-24-22-20-18-16-14-12-10-8-6-4-5-7-9-11-13-15-17-19-21-23-25-27-29-31/h30-31H,3-29H2,1-2H3. The van der Waals surface area contributed by atoms with E-state index < -0.39 is 0 Å². The van der Waals surface area contributed by atoms with Crippen LogP contribution in [0.2, 0.25) is 0 Å². The Morgan fingerprint density at radius 2 is 0.613 bits per heavy atom. The van der Waals surface area contributed by atoms with E-state index in [4.69, 9.17) is 5.11 Å². The van der Waals surface area contributed by atoms with E-state index >= 15 is 0 Å². The minimum atomic E-state index is 0.374. The molecule has 1 heteroatoms. The Labute approximate surface area is 198 Å². The molecule has 0 spiro atoms. The highest BCUT2D eigenvalue weighted by molar-refractivity contribution is 4.53. The number of hydrogen-bond acceptors (Lipinski definition) is 1. The van der Waals surface area contributed by atoms with Crippen LogP contribution in [0.5, 0.6) is 0 Å². The number of hydrogen-bond donors (Lipinski definition) is 1. The summed E-state index contributed by atoms with van der Waals surface area (Å²) < 4.78 is 0. The smallest absolute Gasteiger partial charge is 0.0431 e. The van der Waals surface area contributed by atoms with Crippen LogP contribution in [0.25, 0.3) is 0 Å². The van der Waals surface area contributed by atoms with Crippen molar-refractivity contribution in [3.63, 3.8) is 0 Å². The third-order valence-corrected chi connectivity index (χ3v) is 7.30. The molecule has 0 aromatic carbocycles. The zero-order valence-corrected chi connectivity index (χ0v) is 22.1. The van der Waals surface area contributed by atoms with E-state index in [1.165, 1.54) is 161 Å². The van der Waals surface area contributed by atoms with Crippen LogP contribution in [0.3, 0.4) is 0 Å². The number of rotatable bonds is 27. The second-order valence-corrected chi connectivity index (χ2v) is 10.5. The van der Waals surface area contributed by atoms with Crippen molar-refractivity contribution in [2.45, 2.75) is 181 Å². The molecule has 0 aliphatic carbocycles. The molecule has 31 heavy (non-hydrogen) atoms. The molecular weight excluding hydrogens is 376 g/mol. The molecule has 0 bridgehead atoms. The molecule has 0 aromatic heterocycles. The maximum absolute atomic E-state index is 8.76. The third kappa shape index (κ3) is 27.9. The molecule has 0 aliphatic rings. The summed E-state index contributed by atoms with van der Waals surface area (Å²) in [6.45, 7) is 5.09. The van der Waals surface area contributed by atoms with Gasteiger partial charge in [0, 0.05) is 6.61 Å². The number of unbranched alkanes of at least 4 members (excludes halogenated alkanes) is 23. The zero-order valence-electron chi connectivity index (χ0n) is 22.1. The van der Waals surface area contributed by atoms with Crippen LogP contribution in [0.1, 0.15) is 181 Å². The fraction of sp³-hybridized carbons (Fsp3) is 1.00. The molecule has 0 aromatic rings. The lowest BCUT2D eigenvalue weighted by Crippen LogP contribution is -1.91. The highest BCUT2D eigenvalue weighted by atomic mass is 16.2. The van der Waals surface area contributed by atoms with Gasteiger partial charge in [0.05, 0.1) is 0 Å². The number of aliphatic hydroxyl groups excluding tert-OH is 1. The van der Waals surface area contributed by atoms with Crippen molar-refractivity contribution >= 4 is 0 Å². The molecule has 0 rings (SSSR count). The SMILES string of the molecule is CCC(C)CCCCCCCCCCCCCCCCCCCCCCCCCCO. The first kappa shape index (κ1) is 31.0. The Morgan fingerprint density at radius 3 is 0.839 bits per heavy atom. The Hall–Kier alpha value is -0.0400. The van der Waals surface area contributed by atoms with E-state index in [-0.39, 0.29) is 0 Å². The lowest BCUT2D eigenvalue weighted by Gasteiger charge is -2.07. The van der Waals surface area contributed by atoms with Crippen LogP contribution < -0.4 is 0 Å². The Balaban J connectivity index is 3.01. The van der Waals surface area contributed by atoms with Gasteiger partial charge in [-0.05, 0) is 12.3 Å². The summed E-state index contributed by atoms with van der Waals surface area (Å²) in [7, 11) is 0. The molecule has 0 saturated heterocycles. The van der Waals surface area contributed by atoms with Gasteiger partial charge in [-0.15, -0.1) is 0 Å². The van der Waals surface area contributed by atoms with Gasteiger partial charge in [0.25, 0.3) is 0 Å². The fourth-order valence-electron chi connectivity index (χ4n) is 4.70. The molecule has 188 valence electrons. The predicted molar refractivity (Wildman–Crippen MR) is 142 cm³/mol. The third-order valence-electron chi connectivity index (χ3n) is 7.30. The van der Waals surface area contributed by atoms with E-state index in [1.807, 2.05) is 0 Å². The number of aliphatic hydroxyl groups is 1. The van der Waals surface area contributed by atoms with Crippen LogP contribution in [0.4, 0.5) is 0 Å². The molecule has 0 aliphatic heterocycles. The monoisotopic (exact) mass is 438 g/mol. The topological polar surface area (TPSA) is 20.2 Å². The largest absolute Gasteiger partial charge is 0.396 e. The van der Waals surface area contributed by atoms with E-state index in [2.05, 4.69) is 13.8 Å². The summed E-state index contributed by atoms with van der Waals surface area (Å²) >= 11 is 0. The van der Waals surface area contributed by atoms with Gasteiger partial charge in [-0.1, -0.05) is 174 Å².